The van der Waals surface area contributed by atoms with Crippen LogP contribution in [0.1, 0.15) is 18.1 Å². The first-order valence-electron chi connectivity index (χ1n) is 9.27. The number of guanidine groups is 1. The monoisotopic (exact) mass is 383 g/mol. The lowest BCUT2D eigenvalue weighted by Crippen LogP contribution is -2.36. The van der Waals surface area contributed by atoms with Gasteiger partial charge in [-0.1, -0.05) is 43.0 Å². The Hall–Kier alpha value is -3.15. The van der Waals surface area contributed by atoms with Gasteiger partial charge in [0.1, 0.15) is 12.4 Å². The summed E-state index contributed by atoms with van der Waals surface area (Å²) in [7, 11) is 3.26. The van der Waals surface area contributed by atoms with Gasteiger partial charge in [0, 0.05) is 24.2 Å². The van der Waals surface area contributed by atoms with Gasteiger partial charge in [0.2, 0.25) is 0 Å². The second-order valence-electron chi connectivity index (χ2n) is 5.91. The maximum atomic E-state index is 5.71. The largest absolute Gasteiger partial charge is 0.493 e. The van der Waals surface area contributed by atoms with Crippen molar-refractivity contribution in [1.29, 1.82) is 0 Å². The molecule has 0 aromatic heterocycles. The Bertz CT molecular complexity index is 790. The highest BCUT2D eigenvalue weighted by atomic mass is 16.5. The molecule has 0 aliphatic rings. The normalized spacial score (nSPS) is 10.9. The maximum Gasteiger partial charge on any atom is 0.191 e. The molecule has 2 rings (SSSR count). The van der Waals surface area contributed by atoms with Crippen molar-refractivity contribution in [2.75, 3.05) is 27.4 Å². The van der Waals surface area contributed by atoms with Gasteiger partial charge in [0.05, 0.1) is 20.8 Å². The van der Waals surface area contributed by atoms with Gasteiger partial charge in [-0.25, -0.2) is 4.99 Å². The highest BCUT2D eigenvalue weighted by Crippen LogP contribution is 2.31. The Balaban J connectivity index is 2.11. The minimum atomic E-state index is 0.463. The first kappa shape index (κ1) is 21.2. The van der Waals surface area contributed by atoms with Crippen LogP contribution in [0.15, 0.2) is 60.1 Å². The van der Waals surface area contributed by atoms with Gasteiger partial charge >= 0.3 is 0 Å². The number of para-hydroxylation sites is 2. The van der Waals surface area contributed by atoms with Gasteiger partial charge in [0.15, 0.2) is 17.5 Å². The maximum absolute atomic E-state index is 5.71. The molecule has 0 fully saturated rings. The van der Waals surface area contributed by atoms with Crippen LogP contribution in [0.25, 0.3) is 0 Å². The molecule has 0 unspecified atom stereocenters. The highest BCUT2D eigenvalue weighted by molar-refractivity contribution is 5.79. The van der Waals surface area contributed by atoms with Crippen molar-refractivity contribution in [2.24, 2.45) is 4.99 Å². The molecule has 6 nitrogen and oxygen atoms in total. The minimum Gasteiger partial charge on any atom is -0.493 e. The second-order valence-corrected chi connectivity index (χ2v) is 5.91. The summed E-state index contributed by atoms with van der Waals surface area (Å²) in [5, 5.41) is 6.61. The molecule has 0 aliphatic carbocycles. The third kappa shape index (κ3) is 5.94. The van der Waals surface area contributed by atoms with Gasteiger partial charge in [-0.2, -0.15) is 0 Å². The Morgan fingerprint density at radius 1 is 1.00 bits per heavy atom. The van der Waals surface area contributed by atoms with Crippen molar-refractivity contribution in [3.05, 3.63) is 66.2 Å². The van der Waals surface area contributed by atoms with Crippen molar-refractivity contribution in [3.63, 3.8) is 0 Å². The number of nitrogens with zero attached hydrogens (tertiary/aromatic N) is 1. The molecule has 0 aliphatic heterocycles. The Labute approximate surface area is 167 Å². The fraction of sp³-hybridized carbons (Fsp3) is 0.318. The molecule has 0 saturated heterocycles. The first-order chi connectivity index (χ1) is 13.7. The average molecular weight is 383 g/mol. The van der Waals surface area contributed by atoms with Crippen LogP contribution in [-0.2, 0) is 13.1 Å². The van der Waals surface area contributed by atoms with Gasteiger partial charge in [-0.05, 0) is 19.1 Å². The van der Waals surface area contributed by atoms with Crippen LogP contribution in [0, 0.1) is 0 Å². The molecule has 2 N–H and O–H groups in total. The number of methoxy groups -OCH3 is 2. The predicted octanol–water partition coefficient (Wildman–Crippen LogP) is 3.52. The van der Waals surface area contributed by atoms with Crippen molar-refractivity contribution in [2.45, 2.75) is 20.0 Å². The molecule has 0 saturated carbocycles. The molecule has 0 radical (unpaired) electrons. The van der Waals surface area contributed by atoms with E-state index in [0.717, 1.165) is 23.4 Å². The van der Waals surface area contributed by atoms with Crippen molar-refractivity contribution < 1.29 is 14.2 Å². The van der Waals surface area contributed by atoms with E-state index in [1.807, 2.05) is 49.4 Å². The molecular formula is C22H29N3O3. The van der Waals surface area contributed by atoms with Crippen LogP contribution in [0.4, 0.5) is 0 Å². The summed E-state index contributed by atoms with van der Waals surface area (Å²) in [6, 6.07) is 13.7. The summed E-state index contributed by atoms with van der Waals surface area (Å²) in [4.78, 5) is 4.68. The fourth-order valence-electron chi connectivity index (χ4n) is 2.70. The number of rotatable bonds is 10. The molecule has 0 amide bonds. The molecule has 0 spiro atoms. The SMILES string of the molecule is C=CCOc1ccccc1CNC(=NCc1cccc(OC)c1OC)NCC. The van der Waals surface area contributed by atoms with Crippen LogP contribution < -0.4 is 24.8 Å². The quantitative estimate of drug-likeness (QED) is 0.373. The van der Waals surface area contributed by atoms with E-state index in [2.05, 4.69) is 22.2 Å². The summed E-state index contributed by atoms with van der Waals surface area (Å²) in [6.07, 6.45) is 1.73. The third-order valence-electron chi connectivity index (χ3n) is 4.01. The van der Waals surface area contributed by atoms with Crippen molar-refractivity contribution in [3.8, 4) is 17.2 Å². The molecule has 0 atom stereocenters. The molecule has 150 valence electrons. The topological polar surface area (TPSA) is 64.1 Å². The molecule has 28 heavy (non-hydrogen) atoms. The van der Waals surface area contributed by atoms with Crippen molar-refractivity contribution >= 4 is 5.96 Å². The lowest BCUT2D eigenvalue weighted by atomic mass is 10.2. The Morgan fingerprint density at radius 2 is 1.75 bits per heavy atom. The van der Waals surface area contributed by atoms with Crippen LogP contribution in [0.3, 0.4) is 0 Å². The number of ether oxygens (including phenoxy) is 3. The lowest BCUT2D eigenvalue weighted by molar-refractivity contribution is 0.352. The minimum absolute atomic E-state index is 0.463. The van der Waals surface area contributed by atoms with Crippen LogP contribution in [0.2, 0.25) is 0 Å². The summed E-state index contributed by atoms with van der Waals surface area (Å²) >= 11 is 0. The van der Waals surface area contributed by atoms with Crippen LogP contribution >= 0.6 is 0 Å². The number of aliphatic imine (C=N–C) groups is 1. The van der Waals surface area contributed by atoms with E-state index < -0.39 is 0 Å². The summed E-state index contributed by atoms with van der Waals surface area (Å²) in [6.45, 7) is 8.01. The van der Waals surface area contributed by atoms with E-state index in [1.54, 1.807) is 20.3 Å². The first-order valence-corrected chi connectivity index (χ1v) is 9.27. The fourth-order valence-corrected chi connectivity index (χ4v) is 2.70. The molecule has 2 aromatic carbocycles. The third-order valence-corrected chi connectivity index (χ3v) is 4.01. The number of nitrogens with one attached hydrogen (secondary N) is 2. The van der Waals surface area contributed by atoms with E-state index in [9.17, 15) is 0 Å². The number of hydrogen-bond acceptors (Lipinski definition) is 4. The standard InChI is InChI=1S/C22H29N3O3/c1-5-14-28-19-12-8-7-10-17(19)15-24-22(23-6-2)25-16-18-11-9-13-20(26-3)21(18)27-4/h5,7-13H,1,6,14-16H2,2-4H3,(H2,23,24,25). The van der Waals surface area contributed by atoms with E-state index >= 15 is 0 Å². The molecular weight excluding hydrogens is 354 g/mol. The number of benzene rings is 2. The van der Waals surface area contributed by atoms with E-state index in [1.165, 1.54) is 0 Å². The smallest absolute Gasteiger partial charge is 0.191 e. The molecule has 0 heterocycles. The number of hydrogen-bond donors (Lipinski definition) is 2. The zero-order valence-electron chi connectivity index (χ0n) is 16.8. The Morgan fingerprint density at radius 3 is 2.46 bits per heavy atom. The van der Waals surface area contributed by atoms with Crippen LogP contribution in [-0.4, -0.2) is 33.3 Å². The van der Waals surface area contributed by atoms with Gasteiger partial charge in [0.25, 0.3) is 0 Å². The lowest BCUT2D eigenvalue weighted by Gasteiger charge is -2.15. The molecule has 2 aromatic rings. The predicted molar refractivity (Wildman–Crippen MR) is 113 cm³/mol. The van der Waals surface area contributed by atoms with Gasteiger partial charge in [-0.3, -0.25) is 0 Å². The Kier molecular flexibility index (Phi) is 8.72. The van der Waals surface area contributed by atoms with E-state index in [-0.39, 0.29) is 0 Å². The summed E-state index contributed by atoms with van der Waals surface area (Å²) < 4.78 is 16.6. The van der Waals surface area contributed by atoms with Gasteiger partial charge in [-0.15, -0.1) is 0 Å². The summed E-state index contributed by atoms with van der Waals surface area (Å²) in [5.41, 5.74) is 2.00. The zero-order valence-corrected chi connectivity index (χ0v) is 16.8. The molecule has 0 bridgehead atoms. The molecule has 6 heteroatoms. The van der Waals surface area contributed by atoms with E-state index in [0.29, 0.717) is 37.2 Å². The van der Waals surface area contributed by atoms with Gasteiger partial charge < -0.3 is 24.8 Å². The van der Waals surface area contributed by atoms with E-state index in [4.69, 9.17) is 14.2 Å². The second kappa shape index (κ2) is 11.5. The van der Waals surface area contributed by atoms with Crippen LogP contribution in [0.5, 0.6) is 17.2 Å². The van der Waals surface area contributed by atoms with Crippen molar-refractivity contribution in [1.82, 2.24) is 10.6 Å². The zero-order chi connectivity index (χ0) is 20.2. The highest BCUT2D eigenvalue weighted by Gasteiger charge is 2.09. The average Bonchev–Trinajstić information content (AvgIpc) is 2.74. The summed E-state index contributed by atoms with van der Waals surface area (Å²) in [5.74, 6) is 2.94.